The molecule has 0 aromatic heterocycles. The van der Waals surface area contributed by atoms with Crippen LogP contribution >= 0.6 is 0 Å². The maximum Gasteiger partial charge on any atom is 0.145 e. The average Bonchev–Trinajstić information content (AvgIpc) is 2.91. The van der Waals surface area contributed by atoms with Crippen molar-refractivity contribution in [1.29, 1.82) is 0 Å². The van der Waals surface area contributed by atoms with Crippen molar-refractivity contribution < 1.29 is 4.79 Å². The van der Waals surface area contributed by atoms with Gasteiger partial charge in [-0.25, -0.2) is 0 Å². The van der Waals surface area contributed by atoms with Crippen LogP contribution in [0.25, 0.3) is 0 Å². The van der Waals surface area contributed by atoms with Gasteiger partial charge in [-0.1, -0.05) is 38.5 Å². The summed E-state index contributed by atoms with van der Waals surface area (Å²) in [5.74, 6) is 2.99. The minimum atomic E-state index is 0.329. The molecular formula is C22H32O. The summed E-state index contributed by atoms with van der Waals surface area (Å²) in [5, 5.41) is 0. The lowest BCUT2D eigenvalue weighted by atomic mass is 9.47. The molecule has 0 aliphatic heterocycles. The van der Waals surface area contributed by atoms with E-state index in [2.05, 4.69) is 26.5 Å². The van der Waals surface area contributed by atoms with Gasteiger partial charge < -0.3 is 0 Å². The molecule has 0 N–H and O–H groups in total. The van der Waals surface area contributed by atoms with Crippen molar-refractivity contribution in [3.05, 3.63) is 23.8 Å². The number of hydrogen-bond acceptors (Lipinski definition) is 1. The first kappa shape index (κ1) is 15.7. The first-order valence-electron chi connectivity index (χ1n) is 9.84. The second kappa shape index (κ2) is 5.33. The van der Waals surface area contributed by atoms with Gasteiger partial charge in [-0.05, 0) is 91.4 Å². The molecule has 0 bridgehead atoms. The SMILES string of the molecule is C=C(C=O)[C@H]1CC[C@H]2[C@@H]3CC=C4CCCC[C@]4(C)[C@H]3CC[C@]12C. The normalized spacial score (nSPS) is 48.7. The molecule has 4 rings (SSSR count). The highest BCUT2D eigenvalue weighted by atomic mass is 16.1. The van der Waals surface area contributed by atoms with Gasteiger partial charge in [0.1, 0.15) is 6.29 Å². The van der Waals surface area contributed by atoms with Gasteiger partial charge in [0.2, 0.25) is 0 Å². The number of aldehydes is 1. The second-order valence-corrected chi connectivity index (χ2v) is 9.33. The van der Waals surface area contributed by atoms with E-state index in [0.717, 1.165) is 29.6 Å². The van der Waals surface area contributed by atoms with Crippen LogP contribution < -0.4 is 0 Å². The molecule has 0 amide bonds. The first-order chi connectivity index (χ1) is 11.0. The molecule has 4 aliphatic rings. The Labute approximate surface area is 141 Å². The zero-order valence-electron chi connectivity index (χ0n) is 14.9. The van der Waals surface area contributed by atoms with Crippen LogP contribution in [-0.4, -0.2) is 6.29 Å². The molecule has 6 atom stereocenters. The Morgan fingerprint density at radius 1 is 1.17 bits per heavy atom. The summed E-state index contributed by atoms with van der Waals surface area (Å²) in [6.45, 7) is 9.15. The van der Waals surface area contributed by atoms with Crippen molar-refractivity contribution in [3.63, 3.8) is 0 Å². The topological polar surface area (TPSA) is 17.1 Å². The van der Waals surface area contributed by atoms with Crippen molar-refractivity contribution in [2.75, 3.05) is 0 Å². The Hall–Kier alpha value is -0.850. The number of fused-ring (bicyclic) bond motifs is 5. The van der Waals surface area contributed by atoms with E-state index >= 15 is 0 Å². The molecule has 0 heterocycles. The number of carbonyl (C=O) groups excluding carboxylic acids is 1. The molecule has 1 heteroatoms. The zero-order valence-corrected chi connectivity index (χ0v) is 14.9. The maximum atomic E-state index is 11.3. The lowest BCUT2D eigenvalue weighted by molar-refractivity contribution is -0.106. The second-order valence-electron chi connectivity index (χ2n) is 9.33. The van der Waals surface area contributed by atoms with Crippen molar-refractivity contribution in [1.82, 2.24) is 0 Å². The number of rotatable bonds is 2. The fourth-order valence-electron chi connectivity index (χ4n) is 7.39. The minimum Gasteiger partial charge on any atom is -0.298 e. The van der Waals surface area contributed by atoms with Crippen molar-refractivity contribution in [2.24, 2.45) is 34.5 Å². The number of allylic oxidation sites excluding steroid dienone is 3. The Morgan fingerprint density at radius 2 is 2.00 bits per heavy atom. The Morgan fingerprint density at radius 3 is 2.78 bits per heavy atom. The fourth-order valence-corrected chi connectivity index (χ4v) is 7.39. The molecule has 1 nitrogen and oxygen atoms in total. The van der Waals surface area contributed by atoms with Gasteiger partial charge >= 0.3 is 0 Å². The van der Waals surface area contributed by atoms with Crippen LogP contribution in [0.3, 0.4) is 0 Å². The summed E-state index contributed by atoms with van der Waals surface area (Å²) in [6.07, 6.45) is 15.7. The van der Waals surface area contributed by atoms with Gasteiger partial charge in [-0.3, -0.25) is 4.79 Å². The molecule has 126 valence electrons. The molecule has 0 aromatic carbocycles. The van der Waals surface area contributed by atoms with Gasteiger partial charge in [0.05, 0.1) is 0 Å². The molecule has 4 aliphatic carbocycles. The van der Waals surface area contributed by atoms with E-state index in [1.54, 1.807) is 5.57 Å². The number of hydrogen-bond donors (Lipinski definition) is 0. The predicted molar refractivity (Wildman–Crippen MR) is 95.0 cm³/mol. The van der Waals surface area contributed by atoms with Crippen LogP contribution in [-0.2, 0) is 4.79 Å². The van der Waals surface area contributed by atoms with Crippen LogP contribution in [0.2, 0.25) is 0 Å². The molecular weight excluding hydrogens is 280 g/mol. The van der Waals surface area contributed by atoms with Gasteiger partial charge in [-0.15, -0.1) is 0 Å². The molecule has 3 fully saturated rings. The predicted octanol–water partition coefficient (Wildman–Crippen LogP) is 5.71. The summed E-state index contributed by atoms with van der Waals surface area (Å²) < 4.78 is 0. The Kier molecular flexibility index (Phi) is 3.63. The Balaban J connectivity index is 1.66. The highest BCUT2D eigenvalue weighted by Crippen LogP contribution is 2.66. The van der Waals surface area contributed by atoms with Gasteiger partial charge in [0.25, 0.3) is 0 Å². The van der Waals surface area contributed by atoms with Crippen LogP contribution in [0.5, 0.6) is 0 Å². The minimum absolute atomic E-state index is 0.329. The highest BCUT2D eigenvalue weighted by Gasteiger charge is 2.58. The van der Waals surface area contributed by atoms with Crippen LogP contribution in [0.1, 0.15) is 71.6 Å². The lowest BCUT2D eigenvalue weighted by Crippen LogP contribution is -2.49. The molecule has 0 saturated heterocycles. The van der Waals surface area contributed by atoms with Crippen molar-refractivity contribution in [2.45, 2.75) is 71.6 Å². The van der Waals surface area contributed by atoms with E-state index in [0.29, 0.717) is 16.7 Å². The molecule has 0 spiro atoms. The van der Waals surface area contributed by atoms with Crippen molar-refractivity contribution >= 4 is 6.29 Å². The third-order valence-corrected chi connectivity index (χ3v) is 8.62. The van der Waals surface area contributed by atoms with Gasteiger partial charge in [0, 0.05) is 0 Å². The third-order valence-electron chi connectivity index (χ3n) is 8.62. The van der Waals surface area contributed by atoms with Crippen LogP contribution in [0, 0.1) is 34.5 Å². The maximum absolute atomic E-state index is 11.3. The first-order valence-corrected chi connectivity index (χ1v) is 9.84. The lowest BCUT2D eigenvalue weighted by Gasteiger charge is -2.57. The summed E-state index contributed by atoms with van der Waals surface area (Å²) in [6, 6.07) is 0. The summed E-state index contributed by atoms with van der Waals surface area (Å²) >= 11 is 0. The Bertz CT molecular complexity index is 558. The molecule has 0 aromatic rings. The summed E-state index contributed by atoms with van der Waals surface area (Å²) in [7, 11) is 0. The summed E-state index contributed by atoms with van der Waals surface area (Å²) in [5.41, 5.74) is 3.47. The smallest absolute Gasteiger partial charge is 0.145 e. The number of carbonyl (C=O) groups is 1. The largest absolute Gasteiger partial charge is 0.298 e. The third kappa shape index (κ3) is 2.07. The van der Waals surface area contributed by atoms with E-state index in [-0.39, 0.29) is 0 Å². The quantitative estimate of drug-likeness (QED) is 0.362. The molecule has 3 saturated carbocycles. The highest BCUT2D eigenvalue weighted by molar-refractivity contribution is 5.73. The van der Waals surface area contributed by atoms with Crippen LogP contribution in [0.4, 0.5) is 0 Å². The van der Waals surface area contributed by atoms with E-state index in [1.807, 2.05) is 0 Å². The van der Waals surface area contributed by atoms with Crippen molar-refractivity contribution in [3.8, 4) is 0 Å². The zero-order chi connectivity index (χ0) is 16.2. The standard InChI is InChI=1S/C22H32O/c1-15(14-23)18-9-10-19-17-8-7-16-6-4-5-12-21(16,2)20(17)11-13-22(18,19)3/h7,14,17-20H,1,4-6,8-13H2,2-3H3/t17-,18+,19-,20-,21-,22+/m0/s1. The van der Waals surface area contributed by atoms with E-state index in [1.165, 1.54) is 57.8 Å². The fraction of sp³-hybridized carbons (Fsp3) is 0.773. The van der Waals surface area contributed by atoms with Crippen LogP contribution in [0.15, 0.2) is 23.8 Å². The molecule has 0 unspecified atom stereocenters. The monoisotopic (exact) mass is 312 g/mol. The van der Waals surface area contributed by atoms with Gasteiger partial charge in [0.15, 0.2) is 0 Å². The molecule has 0 radical (unpaired) electrons. The summed E-state index contributed by atoms with van der Waals surface area (Å²) in [4.78, 5) is 11.3. The average molecular weight is 312 g/mol. The van der Waals surface area contributed by atoms with E-state index in [4.69, 9.17) is 0 Å². The molecule has 23 heavy (non-hydrogen) atoms. The van der Waals surface area contributed by atoms with Gasteiger partial charge in [-0.2, -0.15) is 0 Å². The van der Waals surface area contributed by atoms with E-state index < -0.39 is 0 Å². The van der Waals surface area contributed by atoms with E-state index in [9.17, 15) is 4.79 Å².